The number of hydrogen-bond donors (Lipinski definition) is 0. The van der Waals surface area contributed by atoms with Crippen molar-refractivity contribution in [2.45, 2.75) is 0 Å². The number of fused-ring (bicyclic) bond motifs is 7. The SMILES string of the molecule is c1ccc2c(-c3cccc4c(-c5cccc6c5[se]c5ccccc56)c5cccc(-c6cccc7ccccc67)c5cc34)cccc2c1. The molecule has 0 saturated heterocycles. The Morgan fingerprint density at radius 2 is 0.681 bits per heavy atom. The maximum atomic E-state index is 2.48. The summed E-state index contributed by atoms with van der Waals surface area (Å²) in [5.74, 6) is 0. The van der Waals surface area contributed by atoms with Crippen molar-refractivity contribution < 1.29 is 0 Å². The fourth-order valence-corrected chi connectivity index (χ4v) is 10.4. The molecular formula is C46H28Se. The Morgan fingerprint density at radius 1 is 0.277 bits per heavy atom. The van der Waals surface area contributed by atoms with E-state index < -0.39 is 0 Å². The summed E-state index contributed by atoms with van der Waals surface area (Å²) >= 11 is 0.234. The first kappa shape index (κ1) is 26.7. The summed E-state index contributed by atoms with van der Waals surface area (Å²) < 4.78 is 2.96. The van der Waals surface area contributed by atoms with Crippen LogP contribution in [0.15, 0.2) is 170 Å². The van der Waals surface area contributed by atoms with Gasteiger partial charge in [0, 0.05) is 0 Å². The van der Waals surface area contributed by atoms with Crippen LogP contribution < -0.4 is 0 Å². The standard InChI is InChI=1S/C46H28Se/c1-3-16-31-29(12-1)14-7-19-33(31)35-21-9-23-38-42(35)28-43-36(34-20-8-15-30-13-2-4-17-32(30)34)22-10-24-39(43)45(38)41-26-11-25-40-37-18-5-6-27-44(37)47-46(40)41/h1-28H. The van der Waals surface area contributed by atoms with Crippen LogP contribution in [0.4, 0.5) is 0 Å². The van der Waals surface area contributed by atoms with Gasteiger partial charge in [0.2, 0.25) is 0 Å². The van der Waals surface area contributed by atoms with Crippen LogP contribution in [0, 0.1) is 0 Å². The Labute approximate surface area is 278 Å². The van der Waals surface area contributed by atoms with Crippen molar-refractivity contribution in [1.82, 2.24) is 0 Å². The number of hydrogen-bond acceptors (Lipinski definition) is 0. The van der Waals surface area contributed by atoms with Gasteiger partial charge in [0.1, 0.15) is 0 Å². The number of rotatable bonds is 3. The normalized spacial score (nSPS) is 11.8. The van der Waals surface area contributed by atoms with Crippen LogP contribution in [0.5, 0.6) is 0 Å². The van der Waals surface area contributed by atoms with Crippen LogP contribution in [0.25, 0.3) is 95.8 Å². The third-order valence-electron chi connectivity index (χ3n) is 9.87. The van der Waals surface area contributed by atoms with E-state index in [2.05, 4.69) is 170 Å². The van der Waals surface area contributed by atoms with Crippen molar-refractivity contribution >= 4 is 76.9 Å². The first-order chi connectivity index (χ1) is 23.3. The summed E-state index contributed by atoms with van der Waals surface area (Å²) in [6.45, 7) is 0. The Bertz CT molecular complexity index is 2700. The molecule has 0 unspecified atom stereocenters. The van der Waals surface area contributed by atoms with Crippen LogP contribution in [-0.4, -0.2) is 14.5 Å². The van der Waals surface area contributed by atoms with Crippen molar-refractivity contribution in [3.05, 3.63) is 170 Å². The molecule has 47 heavy (non-hydrogen) atoms. The Morgan fingerprint density at radius 3 is 1.28 bits per heavy atom. The predicted molar refractivity (Wildman–Crippen MR) is 205 cm³/mol. The molecule has 0 saturated carbocycles. The summed E-state index contributed by atoms with van der Waals surface area (Å²) in [6.07, 6.45) is 0. The minimum atomic E-state index is 0.234. The van der Waals surface area contributed by atoms with Gasteiger partial charge >= 0.3 is 280 Å². The summed E-state index contributed by atoms with van der Waals surface area (Å²) in [5, 5.41) is 13.1. The molecule has 1 aromatic heterocycles. The van der Waals surface area contributed by atoms with Crippen LogP contribution in [0.1, 0.15) is 0 Å². The molecule has 0 spiro atoms. The molecule has 1 heterocycles. The summed E-state index contributed by atoms with van der Waals surface area (Å²) in [5.41, 5.74) is 7.80. The van der Waals surface area contributed by atoms with E-state index in [9.17, 15) is 0 Å². The molecule has 0 aliphatic rings. The van der Waals surface area contributed by atoms with Gasteiger partial charge < -0.3 is 0 Å². The van der Waals surface area contributed by atoms with Gasteiger partial charge in [-0.25, -0.2) is 0 Å². The molecule has 9 aromatic carbocycles. The molecule has 0 atom stereocenters. The Kier molecular flexibility index (Phi) is 5.99. The second-order valence-corrected chi connectivity index (χ2v) is 14.6. The molecule has 0 amide bonds. The van der Waals surface area contributed by atoms with Gasteiger partial charge in [-0.15, -0.1) is 0 Å². The van der Waals surface area contributed by atoms with Gasteiger partial charge in [-0.3, -0.25) is 0 Å². The quantitative estimate of drug-likeness (QED) is 0.131. The van der Waals surface area contributed by atoms with Crippen molar-refractivity contribution in [2.24, 2.45) is 0 Å². The van der Waals surface area contributed by atoms with E-state index in [1.165, 1.54) is 95.8 Å². The molecule has 1 heteroatoms. The number of benzene rings is 9. The molecule has 218 valence electrons. The first-order valence-electron chi connectivity index (χ1n) is 16.2. The van der Waals surface area contributed by atoms with E-state index in [0.29, 0.717) is 0 Å². The molecule has 10 rings (SSSR count). The second kappa shape index (κ2) is 10.5. The van der Waals surface area contributed by atoms with Gasteiger partial charge in [0.15, 0.2) is 0 Å². The van der Waals surface area contributed by atoms with Crippen LogP contribution in [-0.2, 0) is 0 Å². The predicted octanol–water partition coefficient (Wildman–Crippen LogP) is 12.7. The van der Waals surface area contributed by atoms with Crippen molar-refractivity contribution in [3.8, 4) is 33.4 Å². The third-order valence-corrected chi connectivity index (χ3v) is 12.4. The average molecular weight is 660 g/mol. The van der Waals surface area contributed by atoms with Gasteiger partial charge in [0.05, 0.1) is 0 Å². The van der Waals surface area contributed by atoms with Gasteiger partial charge in [-0.1, -0.05) is 0 Å². The van der Waals surface area contributed by atoms with Gasteiger partial charge in [-0.05, 0) is 0 Å². The molecule has 0 N–H and O–H groups in total. The molecular weight excluding hydrogens is 631 g/mol. The van der Waals surface area contributed by atoms with E-state index in [-0.39, 0.29) is 14.5 Å². The fourth-order valence-electron chi connectivity index (χ4n) is 7.79. The monoisotopic (exact) mass is 660 g/mol. The Balaban J connectivity index is 1.39. The third kappa shape index (κ3) is 4.08. The topological polar surface area (TPSA) is 0 Å². The molecule has 0 nitrogen and oxygen atoms in total. The van der Waals surface area contributed by atoms with Crippen molar-refractivity contribution in [2.75, 3.05) is 0 Å². The van der Waals surface area contributed by atoms with Crippen LogP contribution in [0.3, 0.4) is 0 Å². The van der Waals surface area contributed by atoms with E-state index >= 15 is 0 Å². The molecule has 0 aliphatic heterocycles. The minimum absolute atomic E-state index is 0.234. The zero-order valence-corrected chi connectivity index (χ0v) is 27.3. The maximum absolute atomic E-state index is 2.48. The van der Waals surface area contributed by atoms with Crippen molar-refractivity contribution in [3.63, 3.8) is 0 Å². The van der Waals surface area contributed by atoms with Gasteiger partial charge in [0.25, 0.3) is 0 Å². The molecule has 10 aromatic rings. The summed E-state index contributed by atoms with van der Waals surface area (Å²) in [7, 11) is 0. The molecule has 0 aliphatic carbocycles. The van der Waals surface area contributed by atoms with Crippen LogP contribution in [0.2, 0.25) is 0 Å². The second-order valence-electron chi connectivity index (χ2n) is 12.4. The van der Waals surface area contributed by atoms with E-state index in [0.717, 1.165) is 0 Å². The zero-order chi connectivity index (χ0) is 30.9. The van der Waals surface area contributed by atoms with E-state index in [1.54, 1.807) is 0 Å². The Hall–Kier alpha value is -5.46. The average Bonchev–Trinajstić information content (AvgIpc) is 3.52. The van der Waals surface area contributed by atoms with Crippen molar-refractivity contribution in [1.29, 1.82) is 0 Å². The zero-order valence-electron chi connectivity index (χ0n) is 25.6. The summed E-state index contributed by atoms with van der Waals surface area (Å²) in [6, 6.07) is 63.2. The summed E-state index contributed by atoms with van der Waals surface area (Å²) in [4.78, 5) is 0. The molecule has 0 radical (unpaired) electrons. The fraction of sp³-hybridized carbons (Fsp3) is 0. The van der Waals surface area contributed by atoms with Crippen LogP contribution >= 0.6 is 0 Å². The van der Waals surface area contributed by atoms with E-state index in [1.807, 2.05) is 0 Å². The molecule has 0 fully saturated rings. The molecule has 0 bridgehead atoms. The van der Waals surface area contributed by atoms with E-state index in [4.69, 9.17) is 0 Å². The first-order valence-corrected chi connectivity index (χ1v) is 17.9. The van der Waals surface area contributed by atoms with Gasteiger partial charge in [-0.2, -0.15) is 0 Å².